The predicted octanol–water partition coefficient (Wildman–Crippen LogP) is 3.48. The molecule has 2 atom stereocenters. The summed E-state index contributed by atoms with van der Waals surface area (Å²) in [7, 11) is 0. The molecule has 104 valence electrons. The third-order valence-corrected chi connectivity index (χ3v) is 3.99. The van der Waals surface area contributed by atoms with Crippen molar-refractivity contribution in [3.63, 3.8) is 0 Å². The third-order valence-electron chi connectivity index (χ3n) is 3.99. The van der Waals surface area contributed by atoms with Gasteiger partial charge >= 0.3 is 0 Å². The molecule has 2 unspecified atom stereocenters. The Morgan fingerprint density at radius 2 is 2.10 bits per heavy atom. The molecule has 1 aromatic carbocycles. The molecule has 0 fully saturated rings. The fourth-order valence-electron chi connectivity index (χ4n) is 2.98. The molecular formula is C16H16F2N2. The van der Waals surface area contributed by atoms with E-state index in [0.717, 1.165) is 42.7 Å². The lowest BCUT2D eigenvalue weighted by atomic mass is 9.80. The molecule has 1 aromatic heterocycles. The number of fused-ring (bicyclic) bond motifs is 1. The van der Waals surface area contributed by atoms with Crippen LogP contribution in [0.25, 0.3) is 0 Å². The van der Waals surface area contributed by atoms with E-state index in [1.165, 1.54) is 6.07 Å². The maximum atomic E-state index is 13.9. The monoisotopic (exact) mass is 274 g/mol. The summed E-state index contributed by atoms with van der Waals surface area (Å²) >= 11 is 0. The highest BCUT2D eigenvalue weighted by molar-refractivity contribution is 5.32. The van der Waals surface area contributed by atoms with Gasteiger partial charge in [-0.2, -0.15) is 0 Å². The number of hydrogen-bond acceptors (Lipinski definition) is 2. The summed E-state index contributed by atoms with van der Waals surface area (Å²) in [5.41, 5.74) is 8.53. The van der Waals surface area contributed by atoms with Gasteiger partial charge in [-0.3, -0.25) is 4.98 Å². The van der Waals surface area contributed by atoms with Gasteiger partial charge in [-0.05, 0) is 49.1 Å². The molecule has 2 aromatic rings. The van der Waals surface area contributed by atoms with Crippen LogP contribution in [0.5, 0.6) is 0 Å². The Hall–Kier alpha value is -1.81. The summed E-state index contributed by atoms with van der Waals surface area (Å²) in [5.74, 6) is -0.980. The van der Waals surface area contributed by atoms with Gasteiger partial charge in [0.05, 0.1) is 0 Å². The molecule has 20 heavy (non-hydrogen) atoms. The average molecular weight is 274 g/mol. The molecule has 2 N–H and O–H groups in total. The van der Waals surface area contributed by atoms with Gasteiger partial charge in [-0.15, -0.1) is 0 Å². The first-order valence-corrected chi connectivity index (χ1v) is 6.81. The van der Waals surface area contributed by atoms with Gasteiger partial charge in [0.25, 0.3) is 0 Å². The van der Waals surface area contributed by atoms with Crippen molar-refractivity contribution in [3.05, 3.63) is 65.0 Å². The molecule has 0 saturated heterocycles. The first-order valence-electron chi connectivity index (χ1n) is 6.81. The van der Waals surface area contributed by atoms with Crippen LogP contribution < -0.4 is 5.73 Å². The second-order valence-corrected chi connectivity index (χ2v) is 5.24. The zero-order valence-electron chi connectivity index (χ0n) is 11.0. The molecule has 1 heterocycles. The third kappa shape index (κ3) is 2.31. The first kappa shape index (κ1) is 13.2. The van der Waals surface area contributed by atoms with Crippen LogP contribution in [0.1, 0.15) is 41.6 Å². The van der Waals surface area contributed by atoms with Crippen LogP contribution in [-0.4, -0.2) is 4.98 Å². The van der Waals surface area contributed by atoms with Crippen molar-refractivity contribution < 1.29 is 8.78 Å². The maximum absolute atomic E-state index is 13.9. The van der Waals surface area contributed by atoms with E-state index in [9.17, 15) is 8.78 Å². The lowest BCUT2D eigenvalue weighted by molar-refractivity contribution is 0.445. The van der Waals surface area contributed by atoms with Crippen LogP contribution in [0.4, 0.5) is 8.78 Å². The van der Waals surface area contributed by atoms with E-state index in [4.69, 9.17) is 5.73 Å². The normalized spacial score (nSPS) is 19.4. The van der Waals surface area contributed by atoms with Crippen LogP contribution in [0.3, 0.4) is 0 Å². The minimum Gasteiger partial charge on any atom is -0.323 e. The van der Waals surface area contributed by atoms with E-state index in [1.54, 1.807) is 6.20 Å². The van der Waals surface area contributed by atoms with E-state index in [0.29, 0.717) is 0 Å². The van der Waals surface area contributed by atoms with Crippen molar-refractivity contribution in [3.8, 4) is 0 Å². The Bertz CT molecular complexity index is 628. The van der Waals surface area contributed by atoms with E-state index in [2.05, 4.69) is 4.98 Å². The highest BCUT2D eigenvalue weighted by Crippen LogP contribution is 2.38. The summed E-state index contributed by atoms with van der Waals surface area (Å²) in [6.07, 6.45) is 4.54. The van der Waals surface area contributed by atoms with Crippen LogP contribution in [0.2, 0.25) is 0 Å². The molecular weight excluding hydrogens is 258 g/mol. The minimum absolute atomic E-state index is 0.0590. The number of rotatable bonds is 2. The number of nitrogens with zero attached hydrogens (tertiary/aromatic N) is 1. The van der Waals surface area contributed by atoms with E-state index in [1.807, 2.05) is 12.1 Å². The van der Waals surface area contributed by atoms with E-state index in [-0.39, 0.29) is 11.5 Å². The highest BCUT2D eigenvalue weighted by Gasteiger charge is 2.29. The fraction of sp³-hybridized carbons (Fsp3) is 0.312. The topological polar surface area (TPSA) is 38.9 Å². The quantitative estimate of drug-likeness (QED) is 0.910. The molecule has 3 rings (SSSR count). The molecule has 0 amide bonds. The summed E-state index contributed by atoms with van der Waals surface area (Å²) in [6.45, 7) is 0. The number of hydrogen-bond donors (Lipinski definition) is 1. The molecule has 0 spiro atoms. The second kappa shape index (κ2) is 5.29. The van der Waals surface area contributed by atoms with Crippen LogP contribution in [-0.2, 0) is 6.42 Å². The van der Waals surface area contributed by atoms with Crippen molar-refractivity contribution in [1.82, 2.24) is 4.98 Å². The number of nitrogens with two attached hydrogens (primary N) is 1. The van der Waals surface area contributed by atoms with Crippen molar-refractivity contribution in [2.24, 2.45) is 5.73 Å². The van der Waals surface area contributed by atoms with Crippen molar-refractivity contribution in [1.29, 1.82) is 0 Å². The Kier molecular flexibility index (Phi) is 3.49. The Labute approximate surface area is 116 Å². The number of aromatic nitrogens is 1. The summed E-state index contributed by atoms with van der Waals surface area (Å²) < 4.78 is 27.2. The molecule has 2 nitrogen and oxygen atoms in total. The first-order chi connectivity index (χ1) is 9.66. The molecule has 0 saturated carbocycles. The van der Waals surface area contributed by atoms with Gasteiger partial charge < -0.3 is 5.73 Å². The van der Waals surface area contributed by atoms with Gasteiger partial charge in [0.2, 0.25) is 0 Å². The Morgan fingerprint density at radius 3 is 2.95 bits per heavy atom. The lowest BCUT2D eigenvalue weighted by Crippen LogP contribution is -2.25. The Balaban J connectivity index is 1.99. The molecule has 1 aliphatic rings. The standard InChI is InChI=1S/C16H16F2N2/c17-11-6-7-14(18)13(9-11)15(19)12-5-1-3-10-4-2-8-20-16(10)12/h2,4,6-9,12,15H,1,3,5,19H2. The van der Waals surface area contributed by atoms with Crippen LogP contribution in [0.15, 0.2) is 36.5 Å². The van der Waals surface area contributed by atoms with E-state index >= 15 is 0 Å². The van der Waals surface area contributed by atoms with Crippen molar-refractivity contribution >= 4 is 0 Å². The zero-order chi connectivity index (χ0) is 14.1. The summed E-state index contributed by atoms with van der Waals surface area (Å²) in [6, 6.07) is 6.79. The Morgan fingerprint density at radius 1 is 1.25 bits per heavy atom. The average Bonchev–Trinajstić information content (AvgIpc) is 2.48. The van der Waals surface area contributed by atoms with Gasteiger partial charge in [0, 0.05) is 29.4 Å². The summed E-state index contributed by atoms with van der Waals surface area (Å²) in [5, 5.41) is 0. The van der Waals surface area contributed by atoms with Gasteiger partial charge in [-0.25, -0.2) is 8.78 Å². The zero-order valence-corrected chi connectivity index (χ0v) is 11.0. The largest absolute Gasteiger partial charge is 0.323 e. The number of aryl methyl sites for hydroxylation is 1. The number of pyridine rings is 1. The number of benzene rings is 1. The molecule has 1 aliphatic carbocycles. The predicted molar refractivity (Wildman–Crippen MR) is 73.2 cm³/mol. The van der Waals surface area contributed by atoms with Crippen molar-refractivity contribution in [2.45, 2.75) is 31.2 Å². The second-order valence-electron chi connectivity index (χ2n) is 5.24. The lowest BCUT2D eigenvalue weighted by Gasteiger charge is -2.29. The highest BCUT2D eigenvalue weighted by atomic mass is 19.1. The summed E-state index contributed by atoms with van der Waals surface area (Å²) in [4.78, 5) is 4.40. The van der Waals surface area contributed by atoms with E-state index < -0.39 is 17.7 Å². The minimum atomic E-state index is -0.570. The van der Waals surface area contributed by atoms with Crippen molar-refractivity contribution in [2.75, 3.05) is 0 Å². The van der Waals surface area contributed by atoms with Gasteiger partial charge in [0.15, 0.2) is 0 Å². The molecule has 0 radical (unpaired) electrons. The molecule has 0 aliphatic heterocycles. The van der Waals surface area contributed by atoms with Crippen LogP contribution in [0, 0.1) is 11.6 Å². The van der Waals surface area contributed by atoms with Gasteiger partial charge in [-0.1, -0.05) is 6.07 Å². The number of halogens is 2. The fourth-order valence-corrected chi connectivity index (χ4v) is 2.98. The SMILES string of the molecule is NC(c1cc(F)ccc1F)C1CCCc2cccnc21. The van der Waals surface area contributed by atoms with Gasteiger partial charge in [0.1, 0.15) is 11.6 Å². The smallest absolute Gasteiger partial charge is 0.128 e. The molecule has 4 heteroatoms. The van der Waals surface area contributed by atoms with Crippen LogP contribution >= 0.6 is 0 Å². The maximum Gasteiger partial charge on any atom is 0.128 e. The molecule has 0 bridgehead atoms.